The third-order valence-electron chi connectivity index (χ3n) is 2.63. The van der Waals surface area contributed by atoms with E-state index in [4.69, 9.17) is 11.0 Å². The van der Waals surface area contributed by atoms with Gasteiger partial charge in [-0.15, -0.1) is 0 Å². The van der Waals surface area contributed by atoms with Crippen molar-refractivity contribution in [2.24, 2.45) is 0 Å². The van der Waals surface area contributed by atoms with Gasteiger partial charge in [-0.25, -0.2) is 8.42 Å². The van der Waals surface area contributed by atoms with Crippen LogP contribution in [0.2, 0.25) is 0 Å². The molecule has 0 atom stereocenters. The van der Waals surface area contributed by atoms with Crippen LogP contribution < -0.4 is 5.73 Å². The summed E-state index contributed by atoms with van der Waals surface area (Å²) in [5, 5.41) is 8.93. The SMILES string of the molecule is CS(=O)(=O)c1ccc(Sc2ccc(N)c(C#N)c2)cc1. The molecule has 2 aromatic rings. The van der Waals surface area contributed by atoms with Crippen LogP contribution in [0.1, 0.15) is 5.56 Å². The van der Waals surface area contributed by atoms with Crippen molar-refractivity contribution in [3.63, 3.8) is 0 Å². The van der Waals surface area contributed by atoms with E-state index in [-0.39, 0.29) is 4.90 Å². The normalized spacial score (nSPS) is 11.0. The van der Waals surface area contributed by atoms with E-state index < -0.39 is 9.84 Å². The molecule has 0 aliphatic carbocycles. The van der Waals surface area contributed by atoms with Crippen molar-refractivity contribution in [1.29, 1.82) is 5.26 Å². The standard InChI is InChI=1S/C14H12N2O2S2/c1-20(17,18)13-5-2-11(3-6-13)19-12-4-7-14(16)10(8-12)9-15/h2-8H,16H2,1H3. The summed E-state index contributed by atoms with van der Waals surface area (Å²) in [6, 6.07) is 13.9. The zero-order valence-electron chi connectivity index (χ0n) is 10.7. The van der Waals surface area contributed by atoms with Gasteiger partial charge in [-0.2, -0.15) is 5.26 Å². The predicted octanol–water partition coefficient (Wildman–Crippen LogP) is 2.70. The summed E-state index contributed by atoms with van der Waals surface area (Å²) in [6.45, 7) is 0. The van der Waals surface area contributed by atoms with Gasteiger partial charge < -0.3 is 5.73 Å². The zero-order chi connectivity index (χ0) is 14.8. The number of hydrogen-bond acceptors (Lipinski definition) is 5. The maximum atomic E-state index is 11.4. The molecule has 0 fully saturated rings. The van der Waals surface area contributed by atoms with E-state index in [1.807, 2.05) is 12.1 Å². The summed E-state index contributed by atoms with van der Waals surface area (Å²) in [5.74, 6) is 0. The molecule has 0 unspecified atom stereocenters. The van der Waals surface area contributed by atoms with E-state index in [1.165, 1.54) is 18.0 Å². The Hall–Kier alpha value is -1.97. The molecule has 6 heteroatoms. The molecule has 0 bridgehead atoms. The highest BCUT2D eigenvalue weighted by Crippen LogP contribution is 2.30. The first kappa shape index (κ1) is 14.4. The molecular formula is C14H12N2O2S2. The van der Waals surface area contributed by atoms with Gasteiger partial charge in [0.2, 0.25) is 0 Å². The van der Waals surface area contributed by atoms with E-state index in [2.05, 4.69) is 0 Å². The average Bonchev–Trinajstić information content (AvgIpc) is 2.40. The smallest absolute Gasteiger partial charge is 0.175 e. The molecule has 2 N–H and O–H groups in total. The van der Waals surface area contributed by atoms with Gasteiger partial charge in [0, 0.05) is 21.7 Å². The largest absolute Gasteiger partial charge is 0.398 e. The number of rotatable bonds is 3. The van der Waals surface area contributed by atoms with Gasteiger partial charge in [0.25, 0.3) is 0 Å². The number of nitrogens with two attached hydrogens (primary N) is 1. The molecule has 4 nitrogen and oxygen atoms in total. The number of anilines is 1. The van der Waals surface area contributed by atoms with Gasteiger partial charge in [0.1, 0.15) is 6.07 Å². The van der Waals surface area contributed by atoms with Crippen LogP contribution in [0.3, 0.4) is 0 Å². The van der Waals surface area contributed by atoms with E-state index in [0.29, 0.717) is 11.3 Å². The molecule has 0 amide bonds. The third kappa shape index (κ3) is 3.32. The van der Waals surface area contributed by atoms with Crippen LogP contribution in [0.5, 0.6) is 0 Å². The van der Waals surface area contributed by atoms with E-state index in [1.54, 1.807) is 36.4 Å². The van der Waals surface area contributed by atoms with E-state index in [0.717, 1.165) is 9.79 Å². The summed E-state index contributed by atoms with van der Waals surface area (Å²) in [5.41, 5.74) is 6.54. The molecule has 0 aromatic heterocycles. The minimum Gasteiger partial charge on any atom is -0.398 e. The molecule has 102 valence electrons. The number of nitrogen functional groups attached to an aromatic ring is 1. The number of benzene rings is 2. The van der Waals surface area contributed by atoms with Gasteiger partial charge in [0.15, 0.2) is 9.84 Å². The van der Waals surface area contributed by atoms with Crippen LogP contribution in [0, 0.1) is 11.3 Å². The Labute approximate surface area is 122 Å². The Balaban J connectivity index is 2.25. The predicted molar refractivity (Wildman–Crippen MR) is 79.2 cm³/mol. The summed E-state index contributed by atoms with van der Waals surface area (Å²) >= 11 is 1.44. The number of nitriles is 1. The van der Waals surface area contributed by atoms with Gasteiger partial charge in [-0.3, -0.25) is 0 Å². The summed E-state index contributed by atoms with van der Waals surface area (Å²) in [7, 11) is -3.18. The summed E-state index contributed by atoms with van der Waals surface area (Å²) in [4.78, 5) is 2.06. The third-order valence-corrected chi connectivity index (χ3v) is 4.76. The zero-order valence-corrected chi connectivity index (χ0v) is 12.3. The van der Waals surface area contributed by atoms with Crippen molar-refractivity contribution in [3.05, 3.63) is 48.0 Å². The fourth-order valence-corrected chi connectivity index (χ4v) is 3.07. The van der Waals surface area contributed by atoms with Crippen LogP contribution in [-0.4, -0.2) is 14.7 Å². The molecule has 2 aromatic carbocycles. The van der Waals surface area contributed by atoms with E-state index >= 15 is 0 Å². The highest BCUT2D eigenvalue weighted by molar-refractivity contribution is 7.99. The first-order valence-corrected chi connectivity index (χ1v) is 8.38. The van der Waals surface area contributed by atoms with Crippen molar-refractivity contribution in [2.75, 3.05) is 12.0 Å². The Kier molecular flexibility index (Phi) is 4.02. The maximum absolute atomic E-state index is 11.4. The first-order chi connectivity index (χ1) is 9.40. The molecule has 0 heterocycles. The van der Waals surface area contributed by atoms with Crippen LogP contribution in [0.4, 0.5) is 5.69 Å². The van der Waals surface area contributed by atoms with Crippen LogP contribution in [-0.2, 0) is 9.84 Å². The molecule has 0 saturated heterocycles. The molecule has 2 rings (SSSR count). The highest BCUT2D eigenvalue weighted by atomic mass is 32.2. The Morgan fingerprint density at radius 2 is 1.70 bits per heavy atom. The second-order valence-electron chi connectivity index (χ2n) is 4.21. The quantitative estimate of drug-likeness (QED) is 0.881. The number of nitrogens with zero attached hydrogens (tertiary/aromatic N) is 1. The average molecular weight is 304 g/mol. The van der Waals surface area contributed by atoms with Gasteiger partial charge in [-0.05, 0) is 42.5 Å². The molecular weight excluding hydrogens is 292 g/mol. The molecule has 0 spiro atoms. The molecule has 0 aliphatic rings. The van der Waals surface area contributed by atoms with Crippen molar-refractivity contribution >= 4 is 27.3 Å². The van der Waals surface area contributed by atoms with Crippen molar-refractivity contribution in [2.45, 2.75) is 14.7 Å². The first-order valence-electron chi connectivity index (χ1n) is 5.68. The highest BCUT2D eigenvalue weighted by Gasteiger charge is 2.07. The number of hydrogen-bond donors (Lipinski definition) is 1. The Morgan fingerprint density at radius 1 is 1.10 bits per heavy atom. The Bertz CT molecular complexity index is 776. The minimum absolute atomic E-state index is 0.289. The van der Waals surface area contributed by atoms with Gasteiger partial charge in [0.05, 0.1) is 10.5 Å². The second-order valence-corrected chi connectivity index (χ2v) is 7.37. The lowest BCUT2D eigenvalue weighted by Crippen LogP contribution is -1.95. The van der Waals surface area contributed by atoms with Crippen LogP contribution in [0.25, 0.3) is 0 Å². The second kappa shape index (κ2) is 5.57. The van der Waals surface area contributed by atoms with Crippen LogP contribution >= 0.6 is 11.8 Å². The van der Waals surface area contributed by atoms with Crippen molar-refractivity contribution < 1.29 is 8.42 Å². The van der Waals surface area contributed by atoms with Gasteiger partial charge >= 0.3 is 0 Å². The monoisotopic (exact) mass is 304 g/mol. The fraction of sp³-hybridized carbons (Fsp3) is 0.0714. The molecule has 0 radical (unpaired) electrons. The molecule has 0 aliphatic heterocycles. The van der Waals surface area contributed by atoms with Crippen molar-refractivity contribution in [1.82, 2.24) is 0 Å². The summed E-state index contributed by atoms with van der Waals surface area (Å²) in [6.07, 6.45) is 1.17. The lowest BCUT2D eigenvalue weighted by Gasteiger charge is -2.05. The van der Waals surface area contributed by atoms with Gasteiger partial charge in [-0.1, -0.05) is 11.8 Å². The van der Waals surface area contributed by atoms with Crippen LogP contribution in [0.15, 0.2) is 57.2 Å². The molecule has 0 saturated carbocycles. The molecule has 20 heavy (non-hydrogen) atoms. The Morgan fingerprint density at radius 3 is 2.25 bits per heavy atom. The lowest BCUT2D eigenvalue weighted by molar-refractivity contribution is 0.602. The van der Waals surface area contributed by atoms with Crippen molar-refractivity contribution in [3.8, 4) is 6.07 Å². The van der Waals surface area contributed by atoms with E-state index in [9.17, 15) is 8.42 Å². The fourth-order valence-electron chi connectivity index (χ4n) is 1.59. The topological polar surface area (TPSA) is 83.9 Å². The maximum Gasteiger partial charge on any atom is 0.175 e. The lowest BCUT2D eigenvalue weighted by atomic mass is 10.2. The number of sulfone groups is 1. The minimum atomic E-state index is -3.18. The summed E-state index contributed by atoms with van der Waals surface area (Å²) < 4.78 is 22.7.